The average Bonchev–Trinajstić information content (AvgIpc) is 3.14. The molecule has 0 bridgehead atoms. The van der Waals surface area contributed by atoms with Crippen molar-refractivity contribution in [3.05, 3.63) is 34.5 Å². The third-order valence-electron chi connectivity index (χ3n) is 3.91. The van der Waals surface area contributed by atoms with E-state index in [2.05, 4.69) is 4.90 Å². The number of hydrogen-bond acceptors (Lipinski definition) is 5. The largest absolute Gasteiger partial charge is 0.480 e. The number of carboxylic acid groups (broad SMARTS) is 1. The van der Waals surface area contributed by atoms with Gasteiger partial charge in [-0.15, -0.1) is 0 Å². The summed E-state index contributed by atoms with van der Waals surface area (Å²) >= 11 is 0.615. The number of nitrogens with zero attached hydrogens (tertiary/aromatic N) is 2. The van der Waals surface area contributed by atoms with Gasteiger partial charge in [0.1, 0.15) is 12.4 Å². The number of benzene rings is 1. The van der Waals surface area contributed by atoms with E-state index in [9.17, 15) is 18.8 Å². The quantitative estimate of drug-likeness (QED) is 0.841. The van der Waals surface area contributed by atoms with Crippen molar-refractivity contribution in [3.63, 3.8) is 0 Å². The first-order chi connectivity index (χ1) is 11.5. The maximum Gasteiger partial charge on any atom is 0.323 e. The topological polar surface area (TPSA) is 77.9 Å². The lowest BCUT2D eigenvalue weighted by Crippen LogP contribution is -2.33. The number of carbonyl (C=O) groups excluding carboxylic acids is 2. The van der Waals surface area contributed by atoms with Gasteiger partial charge in [0.25, 0.3) is 11.1 Å². The SMILES string of the molecule is O=C(O)CN1C(=O)S/C(=C/c2ccc(N3CCCC3)cc2F)C1=O. The zero-order valence-electron chi connectivity index (χ0n) is 12.7. The average molecular weight is 350 g/mol. The molecule has 2 aliphatic heterocycles. The standard InChI is InChI=1S/C16H15FN2O4S/c17-12-8-11(18-5-1-2-6-18)4-3-10(12)7-13-15(22)19(9-14(20)21)16(23)24-13/h3-4,7-8H,1-2,5-6,9H2,(H,20,21)/b13-7+. The molecule has 24 heavy (non-hydrogen) atoms. The van der Waals surface area contributed by atoms with Crippen LogP contribution in [0.1, 0.15) is 18.4 Å². The Morgan fingerprint density at radius 3 is 2.62 bits per heavy atom. The van der Waals surface area contributed by atoms with Gasteiger partial charge in [-0.3, -0.25) is 19.3 Å². The predicted molar refractivity (Wildman–Crippen MR) is 88.2 cm³/mol. The second-order valence-electron chi connectivity index (χ2n) is 5.56. The van der Waals surface area contributed by atoms with E-state index < -0.39 is 29.5 Å². The Labute approximate surface area is 141 Å². The Hall–Kier alpha value is -2.35. The summed E-state index contributed by atoms with van der Waals surface area (Å²) in [6, 6.07) is 4.76. The summed E-state index contributed by atoms with van der Waals surface area (Å²) in [6.45, 7) is 1.10. The molecule has 8 heteroatoms. The highest BCUT2D eigenvalue weighted by atomic mass is 32.2. The van der Waals surface area contributed by atoms with Gasteiger partial charge >= 0.3 is 5.97 Å². The number of halogens is 1. The summed E-state index contributed by atoms with van der Waals surface area (Å²) < 4.78 is 14.3. The van der Waals surface area contributed by atoms with Gasteiger partial charge in [-0.2, -0.15) is 0 Å². The van der Waals surface area contributed by atoms with Crippen LogP contribution in [0, 0.1) is 5.82 Å². The molecule has 1 aromatic rings. The Balaban J connectivity index is 1.82. The van der Waals surface area contributed by atoms with Crippen molar-refractivity contribution < 1.29 is 23.9 Å². The molecule has 0 unspecified atom stereocenters. The van der Waals surface area contributed by atoms with Crippen LogP contribution in [-0.4, -0.2) is 46.8 Å². The molecule has 1 N–H and O–H groups in total. The van der Waals surface area contributed by atoms with E-state index in [0.29, 0.717) is 16.7 Å². The monoisotopic (exact) mass is 350 g/mol. The fourth-order valence-corrected chi connectivity index (χ4v) is 3.55. The molecule has 0 aromatic heterocycles. The number of imide groups is 1. The Bertz CT molecular complexity index is 744. The van der Waals surface area contributed by atoms with E-state index >= 15 is 0 Å². The molecule has 2 aliphatic rings. The summed E-state index contributed by atoms with van der Waals surface area (Å²) in [5.41, 5.74) is 0.986. The van der Waals surface area contributed by atoms with Crippen LogP contribution in [0.4, 0.5) is 14.9 Å². The van der Waals surface area contributed by atoms with E-state index in [1.165, 1.54) is 12.1 Å². The first kappa shape index (κ1) is 16.5. The van der Waals surface area contributed by atoms with Gasteiger partial charge in [-0.05, 0) is 48.9 Å². The van der Waals surface area contributed by atoms with E-state index in [4.69, 9.17) is 5.11 Å². The number of amides is 2. The van der Waals surface area contributed by atoms with Crippen LogP contribution in [-0.2, 0) is 9.59 Å². The van der Waals surface area contributed by atoms with Crippen LogP contribution in [0.3, 0.4) is 0 Å². The van der Waals surface area contributed by atoms with Gasteiger partial charge < -0.3 is 10.0 Å². The fourth-order valence-electron chi connectivity index (χ4n) is 2.72. The molecule has 1 aromatic carbocycles. The first-order valence-electron chi connectivity index (χ1n) is 7.47. The molecule has 0 aliphatic carbocycles. The molecule has 0 radical (unpaired) electrons. The predicted octanol–water partition coefficient (Wildman–Crippen LogP) is 2.55. The van der Waals surface area contributed by atoms with Crippen LogP contribution in [0.15, 0.2) is 23.1 Å². The third-order valence-corrected chi connectivity index (χ3v) is 4.82. The number of anilines is 1. The summed E-state index contributed by atoms with van der Waals surface area (Å²) in [6.07, 6.45) is 3.45. The molecule has 0 atom stereocenters. The Morgan fingerprint density at radius 2 is 2.00 bits per heavy atom. The smallest absolute Gasteiger partial charge is 0.323 e. The lowest BCUT2D eigenvalue weighted by molar-refractivity contribution is -0.140. The van der Waals surface area contributed by atoms with Crippen molar-refractivity contribution >= 4 is 40.6 Å². The molecule has 6 nitrogen and oxygen atoms in total. The number of carboxylic acids is 1. The highest BCUT2D eigenvalue weighted by Crippen LogP contribution is 2.33. The summed E-state index contributed by atoms with van der Waals surface area (Å²) in [5, 5.41) is 8.06. The van der Waals surface area contributed by atoms with Crippen molar-refractivity contribution in [1.82, 2.24) is 4.90 Å². The van der Waals surface area contributed by atoms with E-state index in [0.717, 1.165) is 31.6 Å². The van der Waals surface area contributed by atoms with Crippen molar-refractivity contribution in [2.24, 2.45) is 0 Å². The van der Waals surface area contributed by atoms with Gasteiger partial charge in [0, 0.05) is 24.3 Å². The summed E-state index contributed by atoms with van der Waals surface area (Å²) in [7, 11) is 0. The molecule has 2 fully saturated rings. The summed E-state index contributed by atoms with van der Waals surface area (Å²) in [4.78, 5) is 37.2. The zero-order chi connectivity index (χ0) is 17.3. The van der Waals surface area contributed by atoms with Crippen LogP contribution in [0.2, 0.25) is 0 Å². The highest BCUT2D eigenvalue weighted by molar-refractivity contribution is 8.18. The number of rotatable bonds is 4. The lowest BCUT2D eigenvalue weighted by Gasteiger charge is -2.17. The highest BCUT2D eigenvalue weighted by Gasteiger charge is 2.36. The van der Waals surface area contributed by atoms with E-state index in [1.807, 2.05) is 0 Å². The normalized spacial score (nSPS) is 19.6. The minimum absolute atomic E-state index is 0.0223. The molecule has 0 spiro atoms. The minimum atomic E-state index is -1.28. The first-order valence-corrected chi connectivity index (χ1v) is 8.29. The molecule has 2 amide bonds. The maximum atomic E-state index is 14.3. The fraction of sp³-hybridized carbons (Fsp3) is 0.312. The molecule has 2 saturated heterocycles. The van der Waals surface area contributed by atoms with Gasteiger partial charge in [0.2, 0.25) is 0 Å². The van der Waals surface area contributed by atoms with Crippen molar-refractivity contribution in [2.75, 3.05) is 24.5 Å². The van der Waals surface area contributed by atoms with E-state index in [-0.39, 0.29) is 10.5 Å². The minimum Gasteiger partial charge on any atom is -0.480 e. The number of aliphatic carboxylic acids is 1. The molecule has 126 valence electrons. The van der Waals surface area contributed by atoms with Gasteiger partial charge in [0.05, 0.1) is 4.91 Å². The van der Waals surface area contributed by atoms with Gasteiger partial charge in [-0.1, -0.05) is 0 Å². The molecule has 3 rings (SSSR count). The lowest BCUT2D eigenvalue weighted by atomic mass is 10.1. The Morgan fingerprint density at radius 1 is 1.29 bits per heavy atom. The molecular weight excluding hydrogens is 335 g/mol. The van der Waals surface area contributed by atoms with Crippen LogP contribution in [0.25, 0.3) is 6.08 Å². The van der Waals surface area contributed by atoms with Crippen molar-refractivity contribution in [3.8, 4) is 0 Å². The number of thioether (sulfide) groups is 1. The van der Waals surface area contributed by atoms with Crippen LogP contribution < -0.4 is 4.90 Å². The third kappa shape index (κ3) is 3.28. The molecule has 2 heterocycles. The Kier molecular flexibility index (Phi) is 4.57. The zero-order valence-corrected chi connectivity index (χ0v) is 13.5. The van der Waals surface area contributed by atoms with Crippen molar-refractivity contribution in [2.45, 2.75) is 12.8 Å². The van der Waals surface area contributed by atoms with Crippen LogP contribution in [0.5, 0.6) is 0 Å². The van der Waals surface area contributed by atoms with Crippen LogP contribution >= 0.6 is 11.8 Å². The maximum absolute atomic E-state index is 14.3. The number of hydrogen-bond donors (Lipinski definition) is 1. The van der Waals surface area contributed by atoms with Gasteiger partial charge in [0.15, 0.2) is 0 Å². The molecule has 0 saturated carbocycles. The second kappa shape index (κ2) is 6.64. The van der Waals surface area contributed by atoms with E-state index in [1.54, 1.807) is 12.1 Å². The number of carbonyl (C=O) groups is 3. The van der Waals surface area contributed by atoms with Crippen molar-refractivity contribution in [1.29, 1.82) is 0 Å². The van der Waals surface area contributed by atoms with Gasteiger partial charge in [-0.25, -0.2) is 4.39 Å². The molecular formula is C16H15FN2O4S. The second-order valence-corrected chi connectivity index (χ2v) is 6.55. The summed E-state index contributed by atoms with van der Waals surface area (Å²) in [5.74, 6) is -2.47.